The van der Waals surface area contributed by atoms with E-state index in [9.17, 15) is 4.57 Å². The van der Waals surface area contributed by atoms with Crippen LogP contribution in [0.5, 0.6) is 0 Å². The zero-order chi connectivity index (χ0) is 11.6. The van der Waals surface area contributed by atoms with Crippen LogP contribution in [-0.2, 0) is 17.7 Å². The molecule has 6 heteroatoms. The molecule has 4 nitrogen and oxygen atoms in total. The van der Waals surface area contributed by atoms with E-state index in [1.54, 1.807) is 41.5 Å². The van der Waals surface area contributed by atoms with Crippen LogP contribution in [0, 0.1) is 0 Å². The molecule has 0 aromatic carbocycles. The maximum Gasteiger partial charge on any atom is 0.492 e. The molecule has 0 aromatic heterocycles. The van der Waals surface area contributed by atoms with Crippen LogP contribution in [0.3, 0.4) is 0 Å². The summed E-state index contributed by atoms with van der Waals surface area (Å²) in [5.41, 5.74) is -1.29. The molecule has 0 heterocycles. The highest BCUT2D eigenvalue weighted by molar-refractivity contribution is 7.49. The molecule has 0 amide bonds. The Bertz CT molecular complexity index is 208. The van der Waals surface area contributed by atoms with Crippen LogP contribution in [0.25, 0.3) is 0 Å². The summed E-state index contributed by atoms with van der Waals surface area (Å²) in [4.78, 5) is 0. The van der Waals surface area contributed by atoms with E-state index in [4.69, 9.17) is 20.9 Å². The Morgan fingerprint density at radius 2 is 1.21 bits per heavy atom. The molecule has 0 fully saturated rings. The predicted octanol–water partition coefficient (Wildman–Crippen LogP) is 3.90. The molecule has 0 unspecified atom stereocenters. The summed E-state index contributed by atoms with van der Waals surface area (Å²) in [7, 11) is -3.68. The van der Waals surface area contributed by atoms with Crippen molar-refractivity contribution in [2.24, 2.45) is 0 Å². The highest BCUT2D eigenvalue weighted by Gasteiger charge is 2.37. The van der Waals surface area contributed by atoms with Gasteiger partial charge in [-0.05, 0) is 41.5 Å². The minimum absolute atomic E-state index is 0.643. The van der Waals surface area contributed by atoms with Gasteiger partial charge in [-0.15, -0.1) is 0 Å². The molecule has 0 aliphatic heterocycles. The number of phosphoric ester groups is 1. The monoisotopic (exact) mass is 244 g/mol. The molecule has 0 spiro atoms. The van der Waals surface area contributed by atoms with Crippen molar-refractivity contribution >= 4 is 19.7 Å². The van der Waals surface area contributed by atoms with Gasteiger partial charge in [0.2, 0.25) is 0 Å². The summed E-state index contributed by atoms with van der Waals surface area (Å²) in [5.74, 6) is 0. The molecule has 0 radical (unpaired) electrons. The number of halogens is 1. The SMILES string of the molecule is CC(C)(C)OP(=O)(OCl)OC(C)(C)C. The number of phosphoric acid groups is 1. The van der Waals surface area contributed by atoms with Crippen LogP contribution in [0.4, 0.5) is 0 Å². The molecule has 0 N–H and O–H groups in total. The minimum Gasteiger partial charge on any atom is -0.280 e. The zero-order valence-corrected chi connectivity index (χ0v) is 11.1. The zero-order valence-electron chi connectivity index (χ0n) is 9.46. The van der Waals surface area contributed by atoms with Crippen molar-refractivity contribution in [1.29, 1.82) is 0 Å². The second-order valence-corrected chi connectivity index (χ2v) is 6.74. The molecule has 0 aliphatic rings. The molecule has 0 atom stereocenters. The number of rotatable bonds is 3. The van der Waals surface area contributed by atoms with Crippen molar-refractivity contribution in [2.45, 2.75) is 52.7 Å². The molecule has 0 aromatic rings. The first kappa shape index (κ1) is 14.4. The Labute approximate surface area is 90.7 Å². The van der Waals surface area contributed by atoms with Gasteiger partial charge in [0.15, 0.2) is 0 Å². The van der Waals surface area contributed by atoms with Gasteiger partial charge in [-0.1, -0.05) is 0 Å². The van der Waals surface area contributed by atoms with Crippen LogP contribution in [0.15, 0.2) is 0 Å². The lowest BCUT2D eigenvalue weighted by Crippen LogP contribution is -2.23. The Balaban J connectivity index is 4.59. The summed E-state index contributed by atoms with van der Waals surface area (Å²) in [6.45, 7) is 10.4. The quantitative estimate of drug-likeness (QED) is 0.707. The van der Waals surface area contributed by atoms with Crippen molar-refractivity contribution in [1.82, 2.24) is 0 Å². The number of hydrogen-bond donors (Lipinski definition) is 0. The fourth-order valence-electron chi connectivity index (χ4n) is 0.718. The highest BCUT2D eigenvalue weighted by Crippen LogP contribution is 2.56. The summed E-state index contributed by atoms with van der Waals surface area (Å²) in [5, 5.41) is 0. The van der Waals surface area contributed by atoms with E-state index in [1.165, 1.54) is 0 Å². The van der Waals surface area contributed by atoms with E-state index in [2.05, 4.69) is 4.08 Å². The molecular formula is C8H18ClO4P. The van der Waals surface area contributed by atoms with E-state index in [0.717, 1.165) is 0 Å². The van der Waals surface area contributed by atoms with Gasteiger partial charge in [-0.3, -0.25) is 9.05 Å². The molecule has 0 aliphatic carbocycles. The van der Waals surface area contributed by atoms with E-state index in [0.29, 0.717) is 0 Å². The van der Waals surface area contributed by atoms with Gasteiger partial charge in [0, 0.05) is 0 Å². The fraction of sp³-hybridized carbons (Fsp3) is 1.00. The lowest BCUT2D eigenvalue weighted by Gasteiger charge is -2.28. The van der Waals surface area contributed by atoms with Crippen molar-refractivity contribution in [3.05, 3.63) is 0 Å². The Kier molecular flexibility index (Phi) is 4.63. The lowest BCUT2D eigenvalue weighted by molar-refractivity contribution is 0.0237. The van der Waals surface area contributed by atoms with Gasteiger partial charge in [-0.25, -0.2) is 4.57 Å². The maximum atomic E-state index is 11.8. The molecule has 0 saturated carbocycles. The molecule has 0 saturated heterocycles. The molecular weight excluding hydrogens is 227 g/mol. The van der Waals surface area contributed by atoms with Crippen molar-refractivity contribution in [3.63, 3.8) is 0 Å². The van der Waals surface area contributed by atoms with Gasteiger partial charge in [0.25, 0.3) is 0 Å². The smallest absolute Gasteiger partial charge is 0.280 e. The first-order chi connectivity index (χ1) is 5.97. The Morgan fingerprint density at radius 1 is 0.929 bits per heavy atom. The normalized spacial score (nSPS) is 14.5. The van der Waals surface area contributed by atoms with Crippen molar-refractivity contribution < 1.29 is 17.7 Å². The standard InChI is InChI=1S/C8H18ClO4P/c1-7(2,3)11-14(10,13-9)12-8(4,5)6/h1-6H3. The summed E-state index contributed by atoms with van der Waals surface area (Å²) in [6, 6.07) is 0. The van der Waals surface area contributed by atoms with E-state index in [-0.39, 0.29) is 0 Å². The summed E-state index contributed by atoms with van der Waals surface area (Å²) >= 11 is 5.11. The number of hydrogen-bond acceptors (Lipinski definition) is 4. The van der Waals surface area contributed by atoms with E-state index >= 15 is 0 Å². The molecule has 0 bridgehead atoms. The third-order valence-electron chi connectivity index (χ3n) is 0.856. The summed E-state index contributed by atoms with van der Waals surface area (Å²) < 4.78 is 26.3. The highest BCUT2D eigenvalue weighted by atomic mass is 35.5. The molecule has 14 heavy (non-hydrogen) atoms. The van der Waals surface area contributed by atoms with E-state index in [1.807, 2.05) is 0 Å². The first-order valence-corrected chi connectivity index (χ1v) is 6.06. The Hall–Kier alpha value is 0.400. The largest absolute Gasteiger partial charge is 0.492 e. The van der Waals surface area contributed by atoms with Crippen LogP contribution in [-0.4, -0.2) is 11.2 Å². The van der Waals surface area contributed by atoms with Crippen LogP contribution in [0.1, 0.15) is 41.5 Å². The predicted molar refractivity (Wildman–Crippen MR) is 56.2 cm³/mol. The fourth-order valence-corrected chi connectivity index (χ4v) is 2.32. The van der Waals surface area contributed by atoms with Crippen LogP contribution in [0.2, 0.25) is 0 Å². The van der Waals surface area contributed by atoms with Crippen molar-refractivity contribution in [2.75, 3.05) is 0 Å². The molecule has 0 rings (SSSR count). The van der Waals surface area contributed by atoms with E-state index < -0.39 is 19.0 Å². The third-order valence-corrected chi connectivity index (χ3v) is 3.07. The van der Waals surface area contributed by atoms with Gasteiger partial charge in [0.05, 0.1) is 23.1 Å². The first-order valence-electron chi connectivity index (χ1n) is 4.29. The third kappa shape index (κ3) is 6.80. The van der Waals surface area contributed by atoms with Crippen LogP contribution >= 0.6 is 19.7 Å². The average molecular weight is 245 g/mol. The maximum absolute atomic E-state index is 11.8. The second kappa shape index (κ2) is 4.50. The lowest BCUT2D eigenvalue weighted by atomic mass is 10.2. The van der Waals surface area contributed by atoms with Gasteiger partial charge < -0.3 is 0 Å². The second-order valence-electron chi connectivity index (χ2n) is 4.92. The summed E-state index contributed by atoms with van der Waals surface area (Å²) in [6.07, 6.45) is 0. The van der Waals surface area contributed by atoms with Gasteiger partial charge in [0.1, 0.15) is 0 Å². The van der Waals surface area contributed by atoms with Crippen LogP contribution < -0.4 is 0 Å². The van der Waals surface area contributed by atoms with Gasteiger partial charge >= 0.3 is 7.82 Å². The minimum atomic E-state index is -3.68. The molecule has 86 valence electrons. The van der Waals surface area contributed by atoms with Gasteiger partial charge in [-0.2, -0.15) is 4.08 Å². The Morgan fingerprint density at radius 3 is 1.36 bits per heavy atom. The average Bonchev–Trinajstić information content (AvgIpc) is 1.78. The van der Waals surface area contributed by atoms with Crippen molar-refractivity contribution in [3.8, 4) is 0 Å². The topological polar surface area (TPSA) is 44.8 Å².